The first kappa shape index (κ1) is 13.3. The fraction of sp³-hybridized carbons (Fsp3) is 0.143. The third kappa shape index (κ3) is 3.01. The highest BCUT2D eigenvalue weighted by Crippen LogP contribution is 2.23. The van der Waals surface area contributed by atoms with Crippen LogP contribution in [0.5, 0.6) is 5.75 Å². The first-order valence-electron chi connectivity index (χ1n) is 5.60. The summed E-state index contributed by atoms with van der Waals surface area (Å²) in [4.78, 5) is 0. The van der Waals surface area contributed by atoms with Gasteiger partial charge in [-0.2, -0.15) is 0 Å². The van der Waals surface area contributed by atoms with Crippen LogP contribution in [0.25, 0.3) is 0 Å². The minimum Gasteiger partial charge on any atom is -0.497 e. The Kier molecular flexibility index (Phi) is 4.57. The van der Waals surface area contributed by atoms with Crippen LogP contribution in [0, 0.1) is 3.57 Å². The summed E-state index contributed by atoms with van der Waals surface area (Å²) in [6.45, 7) is 0. The van der Waals surface area contributed by atoms with Crippen molar-refractivity contribution in [2.75, 3.05) is 7.11 Å². The SMILES string of the molecule is COc1ccc(C(NN)c2ccc(I)cc2)cc1. The minimum atomic E-state index is -0.00657. The number of ether oxygens (including phenoxy) is 1. The van der Waals surface area contributed by atoms with E-state index < -0.39 is 0 Å². The lowest BCUT2D eigenvalue weighted by atomic mass is 9.99. The van der Waals surface area contributed by atoms with E-state index in [1.165, 1.54) is 3.57 Å². The first-order chi connectivity index (χ1) is 8.74. The molecule has 94 valence electrons. The van der Waals surface area contributed by atoms with Crippen LogP contribution in [0.15, 0.2) is 48.5 Å². The molecule has 2 rings (SSSR count). The van der Waals surface area contributed by atoms with E-state index in [0.717, 1.165) is 16.9 Å². The van der Waals surface area contributed by atoms with Gasteiger partial charge in [0, 0.05) is 3.57 Å². The lowest BCUT2D eigenvalue weighted by Gasteiger charge is -2.17. The standard InChI is InChI=1S/C14H15IN2O/c1-18-13-8-4-11(5-9-13)14(17-16)10-2-6-12(15)7-3-10/h2-9,14,17H,16H2,1H3. The van der Waals surface area contributed by atoms with Gasteiger partial charge in [0.15, 0.2) is 0 Å². The number of benzene rings is 2. The number of nitrogens with two attached hydrogens (primary N) is 1. The number of methoxy groups -OCH3 is 1. The minimum absolute atomic E-state index is 0.00657. The quantitative estimate of drug-likeness (QED) is 0.504. The van der Waals surface area contributed by atoms with Gasteiger partial charge in [-0.25, -0.2) is 5.43 Å². The molecule has 0 fully saturated rings. The van der Waals surface area contributed by atoms with E-state index in [1.807, 2.05) is 24.3 Å². The summed E-state index contributed by atoms with van der Waals surface area (Å²) in [6.07, 6.45) is 0. The van der Waals surface area contributed by atoms with Crippen molar-refractivity contribution in [3.8, 4) is 5.75 Å². The molecule has 0 heterocycles. The zero-order valence-electron chi connectivity index (χ0n) is 10.1. The maximum Gasteiger partial charge on any atom is 0.118 e. The Morgan fingerprint density at radius 2 is 1.50 bits per heavy atom. The van der Waals surface area contributed by atoms with Crippen LogP contribution in [-0.4, -0.2) is 7.11 Å². The van der Waals surface area contributed by atoms with Gasteiger partial charge in [-0.1, -0.05) is 24.3 Å². The summed E-state index contributed by atoms with van der Waals surface area (Å²) in [7, 11) is 1.66. The predicted molar refractivity (Wildman–Crippen MR) is 81.3 cm³/mol. The number of nitrogens with one attached hydrogen (secondary N) is 1. The first-order valence-corrected chi connectivity index (χ1v) is 6.68. The summed E-state index contributed by atoms with van der Waals surface area (Å²) < 4.78 is 6.36. The molecule has 0 saturated carbocycles. The molecule has 4 heteroatoms. The highest BCUT2D eigenvalue weighted by Gasteiger charge is 2.11. The third-order valence-corrected chi connectivity index (χ3v) is 3.54. The molecule has 0 aliphatic heterocycles. The van der Waals surface area contributed by atoms with Crippen molar-refractivity contribution < 1.29 is 4.74 Å². The van der Waals surface area contributed by atoms with Crippen LogP contribution < -0.4 is 16.0 Å². The fourth-order valence-corrected chi connectivity index (χ4v) is 2.20. The molecule has 3 nitrogen and oxygen atoms in total. The number of rotatable bonds is 4. The van der Waals surface area contributed by atoms with E-state index in [-0.39, 0.29) is 6.04 Å². The second-order valence-electron chi connectivity index (χ2n) is 3.92. The third-order valence-electron chi connectivity index (χ3n) is 2.82. The largest absolute Gasteiger partial charge is 0.497 e. The van der Waals surface area contributed by atoms with Crippen LogP contribution in [-0.2, 0) is 0 Å². The molecule has 0 saturated heterocycles. The molecule has 2 aromatic carbocycles. The van der Waals surface area contributed by atoms with Crippen LogP contribution in [0.1, 0.15) is 17.2 Å². The number of hydrogen-bond donors (Lipinski definition) is 2. The number of halogens is 1. The van der Waals surface area contributed by atoms with Gasteiger partial charge in [-0.05, 0) is 58.0 Å². The van der Waals surface area contributed by atoms with E-state index in [1.54, 1.807) is 7.11 Å². The number of hydrazine groups is 1. The molecule has 0 radical (unpaired) electrons. The van der Waals surface area contributed by atoms with Gasteiger partial charge in [0.1, 0.15) is 5.75 Å². The van der Waals surface area contributed by atoms with Crippen LogP contribution in [0.2, 0.25) is 0 Å². The Labute approximate surface area is 120 Å². The molecule has 0 spiro atoms. The zero-order chi connectivity index (χ0) is 13.0. The molecular formula is C14H15IN2O. The summed E-state index contributed by atoms with van der Waals surface area (Å²) in [5.74, 6) is 6.51. The second-order valence-corrected chi connectivity index (χ2v) is 5.17. The van der Waals surface area contributed by atoms with Gasteiger partial charge in [0.25, 0.3) is 0 Å². The average Bonchev–Trinajstić information content (AvgIpc) is 2.42. The highest BCUT2D eigenvalue weighted by atomic mass is 127. The molecule has 0 aliphatic carbocycles. The van der Waals surface area contributed by atoms with Crippen molar-refractivity contribution in [1.82, 2.24) is 5.43 Å². The van der Waals surface area contributed by atoms with Crippen molar-refractivity contribution in [3.63, 3.8) is 0 Å². The monoisotopic (exact) mass is 354 g/mol. The van der Waals surface area contributed by atoms with Crippen molar-refractivity contribution in [2.24, 2.45) is 5.84 Å². The molecule has 2 aromatic rings. The number of hydrogen-bond acceptors (Lipinski definition) is 3. The van der Waals surface area contributed by atoms with Crippen molar-refractivity contribution in [2.45, 2.75) is 6.04 Å². The zero-order valence-corrected chi connectivity index (χ0v) is 12.2. The summed E-state index contributed by atoms with van der Waals surface area (Å²) >= 11 is 2.29. The maximum atomic E-state index is 5.66. The van der Waals surface area contributed by atoms with E-state index in [9.17, 15) is 0 Å². The summed E-state index contributed by atoms with van der Waals surface area (Å²) in [6, 6.07) is 16.2. The topological polar surface area (TPSA) is 47.3 Å². The van der Waals surface area contributed by atoms with Gasteiger partial charge in [0.2, 0.25) is 0 Å². The Bertz CT molecular complexity index is 496. The lowest BCUT2D eigenvalue weighted by Crippen LogP contribution is -2.28. The Morgan fingerprint density at radius 1 is 1.00 bits per heavy atom. The molecule has 0 aromatic heterocycles. The van der Waals surface area contributed by atoms with Gasteiger partial charge in [-0.3, -0.25) is 5.84 Å². The molecule has 1 unspecified atom stereocenters. The normalized spacial score (nSPS) is 12.2. The molecule has 1 atom stereocenters. The maximum absolute atomic E-state index is 5.66. The van der Waals surface area contributed by atoms with Crippen molar-refractivity contribution >= 4 is 22.6 Å². The fourth-order valence-electron chi connectivity index (χ4n) is 1.84. The van der Waals surface area contributed by atoms with Gasteiger partial charge in [-0.15, -0.1) is 0 Å². The van der Waals surface area contributed by atoms with Crippen LogP contribution >= 0.6 is 22.6 Å². The predicted octanol–water partition coefficient (Wildman–Crippen LogP) is 2.85. The van der Waals surface area contributed by atoms with E-state index in [4.69, 9.17) is 10.6 Å². The van der Waals surface area contributed by atoms with Gasteiger partial charge < -0.3 is 4.74 Å². The Morgan fingerprint density at radius 3 is 1.94 bits per heavy atom. The molecule has 3 N–H and O–H groups in total. The molecule has 0 bridgehead atoms. The Balaban J connectivity index is 2.29. The second kappa shape index (κ2) is 6.17. The van der Waals surface area contributed by atoms with E-state index >= 15 is 0 Å². The summed E-state index contributed by atoms with van der Waals surface area (Å²) in [5, 5.41) is 0. The smallest absolute Gasteiger partial charge is 0.118 e. The van der Waals surface area contributed by atoms with Crippen LogP contribution in [0.3, 0.4) is 0 Å². The highest BCUT2D eigenvalue weighted by molar-refractivity contribution is 14.1. The molecular weight excluding hydrogens is 339 g/mol. The Hall–Kier alpha value is -1.11. The molecule has 18 heavy (non-hydrogen) atoms. The van der Waals surface area contributed by atoms with E-state index in [2.05, 4.69) is 52.3 Å². The van der Waals surface area contributed by atoms with Gasteiger partial charge in [0.05, 0.1) is 13.2 Å². The van der Waals surface area contributed by atoms with Crippen LogP contribution in [0.4, 0.5) is 0 Å². The van der Waals surface area contributed by atoms with E-state index in [0.29, 0.717) is 0 Å². The lowest BCUT2D eigenvalue weighted by molar-refractivity contribution is 0.414. The summed E-state index contributed by atoms with van der Waals surface area (Å²) in [5.41, 5.74) is 5.10. The van der Waals surface area contributed by atoms with Crippen molar-refractivity contribution in [1.29, 1.82) is 0 Å². The van der Waals surface area contributed by atoms with Gasteiger partial charge >= 0.3 is 0 Å². The molecule has 0 aliphatic rings. The van der Waals surface area contributed by atoms with Crippen molar-refractivity contribution in [3.05, 3.63) is 63.2 Å². The average molecular weight is 354 g/mol. The molecule has 0 amide bonds.